The highest BCUT2D eigenvalue weighted by Gasteiger charge is 2.10. The van der Waals surface area contributed by atoms with Crippen LogP contribution >= 0.6 is 11.8 Å². The molecule has 17 heavy (non-hydrogen) atoms. The smallest absolute Gasteiger partial charge is 0.0674 e. The van der Waals surface area contributed by atoms with Gasteiger partial charge in [0, 0.05) is 17.1 Å². The fraction of sp³-hybridized carbons (Fsp3) is 0.500. The molecule has 2 nitrogen and oxygen atoms in total. The third kappa shape index (κ3) is 3.17. The summed E-state index contributed by atoms with van der Waals surface area (Å²) in [6, 6.07) is 8.89. The van der Waals surface area contributed by atoms with Crippen LogP contribution in [-0.4, -0.2) is 12.3 Å². The first-order valence-electron chi connectivity index (χ1n) is 6.22. The highest BCUT2D eigenvalue weighted by Crippen LogP contribution is 2.31. The minimum absolute atomic E-state index is 0.111. The molecule has 90 valence electrons. The first-order valence-corrected chi connectivity index (χ1v) is 7.21. The lowest BCUT2D eigenvalue weighted by Gasteiger charge is -2.17. The first kappa shape index (κ1) is 12.3. The summed E-state index contributed by atoms with van der Waals surface area (Å²) in [5.74, 6) is 1.35. The summed E-state index contributed by atoms with van der Waals surface area (Å²) in [5, 5.41) is 12.3. The number of nitrogens with zero attached hydrogens (tertiary/aromatic N) is 1. The Balaban J connectivity index is 2.00. The Hall–Kier alpha value is -1.14. The molecule has 1 aromatic carbocycles. The second kappa shape index (κ2) is 5.97. The van der Waals surface area contributed by atoms with Crippen LogP contribution < -0.4 is 5.32 Å². The zero-order valence-electron chi connectivity index (χ0n) is 10.2. The second-order valence-electron chi connectivity index (χ2n) is 4.39. The van der Waals surface area contributed by atoms with Gasteiger partial charge in [-0.1, -0.05) is 6.92 Å². The minimum atomic E-state index is 0.111. The number of nitrogens with one attached hydrogen (secondary N) is 1. The maximum Gasteiger partial charge on any atom is 0.0674 e. The maximum absolute atomic E-state index is 8.90. The van der Waals surface area contributed by atoms with Crippen LogP contribution in [0, 0.1) is 17.2 Å². The number of fused-ring (bicyclic) bond motifs is 1. The van der Waals surface area contributed by atoms with Crippen molar-refractivity contribution in [1.82, 2.24) is 0 Å². The van der Waals surface area contributed by atoms with E-state index in [4.69, 9.17) is 5.26 Å². The molecule has 0 amide bonds. The largest absolute Gasteiger partial charge is 0.384 e. The van der Waals surface area contributed by atoms with Crippen molar-refractivity contribution in [3.63, 3.8) is 0 Å². The van der Waals surface area contributed by atoms with Crippen molar-refractivity contribution in [2.45, 2.75) is 31.1 Å². The van der Waals surface area contributed by atoms with Crippen molar-refractivity contribution in [1.29, 1.82) is 5.26 Å². The Bertz CT molecular complexity index is 423. The summed E-state index contributed by atoms with van der Waals surface area (Å²) < 4.78 is 0. The van der Waals surface area contributed by atoms with Crippen LogP contribution in [0.2, 0.25) is 0 Å². The van der Waals surface area contributed by atoms with Gasteiger partial charge in [0.05, 0.1) is 12.0 Å². The van der Waals surface area contributed by atoms with Crippen LogP contribution in [0.15, 0.2) is 23.1 Å². The molecule has 0 spiro atoms. The summed E-state index contributed by atoms with van der Waals surface area (Å²) in [7, 11) is 0. The molecule has 0 bridgehead atoms. The van der Waals surface area contributed by atoms with Crippen LogP contribution in [-0.2, 0) is 6.42 Å². The van der Waals surface area contributed by atoms with Gasteiger partial charge in [-0.3, -0.25) is 0 Å². The molecule has 1 aliphatic heterocycles. The fourth-order valence-electron chi connectivity index (χ4n) is 1.99. The number of hydrogen-bond donors (Lipinski definition) is 1. The van der Waals surface area contributed by atoms with Gasteiger partial charge in [0.2, 0.25) is 0 Å². The van der Waals surface area contributed by atoms with E-state index in [2.05, 4.69) is 36.5 Å². The summed E-state index contributed by atoms with van der Waals surface area (Å²) >= 11 is 1.95. The zero-order valence-corrected chi connectivity index (χ0v) is 11.0. The van der Waals surface area contributed by atoms with Gasteiger partial charge in [-0.25, -0.2) is 0 Å². The van der Waals surface area contributed by atoms with Gasteiger partial charge < -0.3 is 5.32 Å². The van der Waals surface area contributed by atoms with E-state index in [-0.39, 0.29) is 5.92 Å². The average Bonchev–Trinajstić information content (AvgIpc) is 2.40. The predicted octanol–water partition coefficient (Wildman–Crippen LogP) is 3.69. The number of nitriles is 1. The molecule has 1 unspecified atom stereocenters. The number of anilines is 1. The van der Waals surface area contributed by atoms with Crippen molar-refractivity contribution >= 4 is 17.4 Å². The van der Waals surface area contributed by atoms with Crippen LogP contribution in [0.25, 0.3) is 0 Å². The van der Waals surface area contributed by atoms with E-state index in [1.54, 1.807) is 0 Å². The lowest BCUT2D eigenvalue weighted by molar-refractivity contribution is 0.674. The monoisotopic (exact) mass is 246 g/mol. The summed E-state index contributed by atoms with van der Waals surface area (Å²) in [5.41, 5.74) is 2.61. The van der Waals surface area contributed by atoms with E-state index >= 15 is 0 Å². The van der Waals surface area contributed by atoms with Gasteiger partial charge in [-0.2, -0.15) is 5.26 Å². The summed E-state index contributed by atoms with van der Waals surface area (Å²) in [6.07, 6.45) is 3.37. The van der Waals surface area contributed by atoms with Gasteiger partial charge in [0.25, 0.3) is 0 Å². The average molecular weight is 246 g/mol. The molecule has 1 aliphatic rings. The second-order valence-corrected chi connectivity index (χ2v) is 5.53. The van der Waals surface area contributed by atoms with E-state index in [1.807, 2.05) is 11.8 Å². The third-order valence-corrected chi connectivity index (χ3v) is 4.34. The first-order chi connectivity index (χ1) is 8.33. The quantitative estimate of drug-likeness (QED) is 0.880. The molecule has 0 aromatic heterocycles. The highest BCUT2D eigenvalue weighted by atomic mass is 32.2. The number of hydrogen-bond acceptors (Lipinski definition) is 3. The fourth-order valence-corrected chi connectivity index (χ4v) is 3.01. The van der Waals surface area contributed by atoms with E-state index < -0.39 is 0 Å². The van der Waals surface area contributed by atoms with E-state index in [1.165, 1.54) is 29.1 Å². The van der Waals surface area contributed by atoms with Crippen molar-refractivity contribution in [2.24, 2.45) is 5.92 Å². The number of rotatable bonds is 4. The zero-order chi connectivity index (χ0) is 12.1. The van der Waals surface area contributed by atoms with Crippen molar-refractivity contribution in [2.75, 3.05) is 17.6 Å². The van der Waals surface area contributed by atoms with Crippen molar-refractivity contribution in [3.05, 3.63) is 23.8 Å². The number of thioether (sulfide) groups is 1. The Labute approximate surface area is 107 Å². The van der Waals surface area contributed by atoms with Gasteiger partial charge in [-0.05, 0) is 48.8 Å². The van der Waals surface area contributed by atoms with Crippen LogP contribution in [0.3, 0.4) is 0 Å². The molecule has 2 rings (SSSR count). The van der Waals surface area contributed by atoms with E-state index in [0.29, 0.717) is 0 Å². The van der Waals surface area contributed by atoms with Crippen LogP contribution in [0.4, 0.5) is 5.69 Å². The standard InChI is InChI=1S/C14H18N2S/c1-2-11(9-15)10-16-13-5-6-14-12(8-13)4-3-7-17-14/h5-6,8,11,16H,2-4,7,10H2,1H3. The maximum atomic E-state index is 8.90. The molecule has 3 heteroatoms. The lowest BCUT2D eigenvalue weighted by atomic mass is 10.1. The number of aryl methyl sites for hydroxylation is 1. The van der Waals surface area contributed by atoms with Crippen molar-refractivity contribution < 1.29 is 0 Å². The van der Waals surface area contributed by atoms with Gasteiger partial charge in [0.15, 0.2) is 0 Å². The molecule has 0 aliphatic carbocycles. The Morgan fingerprint density at radius 3 is 3.18 bits per heavy atom. The van der Waals surface area contributed by atoms with Crippen LogP contribution in [0.5, 0.6) is 0 Å². The molecular formula is C14H18N2S. The number of benzene rings is 1. The van der Waals surface area contributed by atoms with Gasteiger partial charge >= 0.3 is 0 Å². The Morgan fingerprint density at radius 2 is 2.41 bits per heavy atom. The predicted molar refractivity (Wildman–Crippen MR) is 73.4 cm³/mol. The van der Waals surface area contributed by atoms with E-state index in [9.17, 15) is 0 Å². The van der Waals surface area contributed by atoms with E-state index in [0.717, 1.165) is 18.7 Å². The molecule has 0 fully saturated rings. The molecule has 1 aromatic rings. The van der Waals surface area contributed by atoms with Gasteiger partial charge in [0.1, 0.15) is 0 Å². The molecule has 0 saturated carbocycles. The highest BCUT2D eigenvalue weighted by molar-refractivity contribution is 7.99. The SMILES string of the molecule is CCC(C#N)CNc1ccc2c(c1)CCCS2. The van der Waals surface area contributed by atoms with Crippen molar-refractivity contribution in [3.8, 4) is 6.07 Å². The van der Waals surface area contributed by atoms with Gasteiger partial charge in [-0.15, -0.1) is 11.8 Å². The topological polar surface area (TPSA) is 35.8 Å². The molecule has 0 saturated heterocycles. The lowest BCUT2D eigenvalue weighted by Crippen LogP contribution is -2.12. The Kier molecular flexibility index (Phi) is 4.33. The molecule has 0 radical (unpaired) electrons. The summed E-state index contributed by atoms with van der Waals surface area (Å²) in [4.78, 5) is 1.43. The molecule has 1 atom stereocenters. The third-order valence-electron chi connectivity index (χ3n) is 3.14. The molecule has 1 heterocycles. The Morgan fingerprint density at radius 1 is 1.53 bits per heavy atom. The molecule has 1 N–H and O–H groups in total. The minimum Gasteiger partial charge on any atom is -0.384 e. The molecular weight excluding hydrogens is 228 g/mol. The normalized spacial score (nSPS) is 15.8. The van der Waals surface area contributed by atoms with Crippen LogP contribution in [0.1, 0.15) is 25.3 Å². The summed E-state index contributed by atoms with van der Waals surface area (Å²) in [6.45, 7) is 2.80.